The lowest BCUT2D eigenvalue weighted by Gasteiger charge is -2.34. The number of piperazine rings is 1. The topological polar surface area (TPSA) is 118 Å². The third-order valence-corrected chi connectivity index (χ3v) is 6.59. The van der Waals surface area contributed by atoms with Gasteiger partial charge >= 0.3 is 0 Å². The number of carbonyl (C=O) groups excluding carboxylic acids is 1. The van der Waals surface area contributed by atoms with Crippen molar-refractivity contribution in [2.75, 3.05) is 46.9 Å². The Morgan fingerprint density at radius 1 is 1.23 bits per heavy atom. The van der Waals surface area contributed by atoms with Crippen LogP contribution in [0.3, 0.4) is 0 Å². The molecule has 1 aromatic heterocycles. The maximum Gasteiger partial charge on any atom is 0.245 e. The monoisotopic (exact) mass is 433 g/mol. The number of rotatable bonds is 7. The molecule has 10 heteroatoms. The first-order valence-electron chi connectivity index (χ1n) is 9.64. The van der Waals surface area contributed by atoms with Crippen LogP contribution >= 0.6 is 0 Å². The second-order valence-corrected chi connectivity index (χ2v) is 8.80. The normalized spacial score (nSPS) is 16.3. The van der Waals surface area contributed by atoms with E-state index in [0.29, 0.717) is 18.7 Å². The summed E-state index contributed by atoms with van der Waals surface area (Å²) in [5, 5.41) is 0. The van der Waals surface area contributed by atoms with Crippen molar-refractivity contribution in [3.05, 3.63) is 42.7 Å². The van der Waals surface area contributed by atoms with E-state index < -0.39 is 16.1 Å². The molecular formula is C20H27N5O4S. The number of hydrogen-bond acceptors (Lipinski definition) is 7. The van der Waals surface area contributed by atoms with Gasteiger partial charge in [0.2, 0.25) is 15.9 Å². The van der Waals surface area contributed by atoms with Crippen LogP contribution in [0.1, 0.15) is 0 Å². The fourth-order valence-corrected chi connectivity index (χ4v) is 4.78. The molecule has 1 atom stereocenters. The number of likely N-dealkylation sites (N-methyl/N-ethyl adjacent to an activating group) is 1. The highest BCUT2D eigenvalue weighted by Gasteiger charge is 2.31. The molecule has 162 valence electrons. The summed E-state index contributed by atoms with van der Waals surface area (Å²) in [5.74, 6) is -0.141. The van der Waals surface area contributed by atoms with Crippen LogP contribution < -0.4 is 15.2 Å². The van der Waals surface area contributed by atoms with Crippen LogP contribution in [0.15, 0.2) is 47.6 Å². The molecule has 1 aliphatic heterocycles. The largest absolute Gasteiger partial charge is 0.495 e. The van der Waals surface area contributed by atoms with E-state index in [9.17, 15) is 13.2 Å². The third kappa shape index (κ3) is 4.78. The molecule has 1 aliphatic rings. The molecule has 2 heterocycles. The van der Waals surface area contributed by atoms with Crippen molar-refractivity contribution < 1.29 is 17.9 Å². The highest BCUT2D eigenvalue weighted by molar-refractivity contribution is 7.89. The summed E-state index contributed by atoms with van der Waals surface area (Å²) in [7, 11) is -0.687. The van der Waals surface area contributed by atoms with Gasteiger partial charge in [0.15, 0.2) is 0 Å². The van der Waals surface area contributed by atoms with Gasteiger partial charge in [-0.3, -0.25) is 9.78 Å². The van der Waals surface area contributed by atoms with Gasteiger partial charge in [0.05, 0.1) is 7.11 Å². The lowest BCUT2D eigenvalue weighted by molar-refractivity contribution is -0.134. The Morgan fingerprint density at radius 3 is 2.57 bits per heavy atom. The van der Waals surface area contributed by atoms with E-state index >= 15 is 0 Å². The summed E-state index contributed by atoms with van der Waals surface area (Å²) in [6.45, 7) is 2.39. The zero-order valence-electron chi connectivity index (χ0n) is 17.1. The number of nitrogens with zero attached hydrogens (tertiary/aromatic N) is 3. The van der Waals surface area contributed by atoms with Gasteiger partial charge in [0.1, 0.15) is 16.7 Å². The number of para-hydroxylation sites is 1. The van der Waals surface area contributed by atoms with E-state index in [2.05, 4.69) is 14.6 Å². The average molecular weight is 434 g/mol. The molecule has 1 fully saturated rings. The van der Waals surface area contributed by atoms with Crippen LogP contribution in [0.4, 0.5) is 0 Å². The number of amides is 1. The molecule has 30 heavy (non-hydrogen) atoms. The Labute approximate surface area is 176 Å². The number of benzene rings is 1. The van der Waals surface area contributed by atoms with Crippen molar-refractivity contribution in [3.63, 3.8) is 0 Å². The van der Waals surface area contributed by atoms with Crippen LogP contribution in [0.5, 0.6) is 5.75 Å². The van der Waals surface area contributed by atoms with E-state index in [1.54, 1.807) is 35.5 Å². The molecule has 1 saturated heterocycles. The third-order valence-electron chi connectivity index (χ3n) is 5.09. The van der Waals surface area contributed by atoms with Crippen LogP contribution in [0, 0.1) is 0 Å². The van der Waals surface area contributed by atoms with E-state index in [1.165, 1.54) is 13.2 Å². The molecule has 3 rings (SSSR count). The van der Waals surface area contributed by atoms with E-state index in [-0.39, 0.29) is 23.1 Å². The summed E-state index contributed by atoms with van der Waals surface area (Å²) in [4.78, 5) is 20.6. The first kappa shape index (κ1) is 22.2. The van der Waals surface area contributed by atoms with Gasteiger partial charge in [-0.25, -0.2) is 8.42 Å². The van der Waals surface area contributed by atoms with Crippen LogP contribution in [-0.2, 0) is 14.8 Å². The predicted octanol–water partition coefficient (Wildman–Crippen LogP) is 0.137. The smallest absolute Gasteiger partial charge is 0.245 e. The van der Waals surface area contributed by atoms with Gasteiger partial charge in [-0.05, 0) is 19.2 Å². The average Bonchev–Trinajstić information content (AvgIpc) is 2.77. The molecule has 3 N–H and O–H groups in total. The summed E-state index contributed by atoms with van der Waals surface area (Å²) < 4.78 is 34.2. The van der Waals surface area contributed by atoms with Crippen molar-refractivity contribution in [3.8, 4) is 16.9 Å². The van der Waals surface area contributed by atoms with Crippen LogP contribution in [-0.4, -0.2) is 82.0 Å². The number of nitrogens with one attached hydrogen (secondary N) is 1. The van der Waals surface area contributed by atoms with Gasteiger partial charge in [0.25, 0.3) is 0 Å². The van der Waals surface area contributed by atoms with Crippen LogP contribution in [0.25, 0.3) is 11.1 Å². The standard InChI is InChI=1S/C20H27N5O4S/c1-24-9-11-25(12-10-24)20(26)17(13-21)23-30(27,28)18-7-3-6-16(19(18)29-2)15-5-4-8-22-14-15/h3-8,14,17,23H,9-13,21H2,1-2H3/t17-/m0/s1. The number of aromatic nitrogens is 1. The van der Waals surface area contributed by atoms with Crippen molar-refractivity contribution in [2.24, 2.45) is 5.73 Å². The summed E-state index contributed by atoms with van der Waals surface area (Å²) >= 11 is 0. The number of sulfonamides is 1. The highest BCUT2D eigenvalue weighted by Crippen LogP contribution is 2.35. The molecule has 0 aliphatic carbocycles. The van der Waals surface area contributed by atoms with Crippen molar-refractivity contribution in [2.45, 2.75) is 10.9 Å². The first-order chi connectivity index (χ1) is 14.4. The van der Waals surface area contributed by atoms with Gasteiger partial charge in [-0.15, -0.1) is 0 Å². The zero-order valence-corrected chi connectivity index (χ0v) is 17.9. The number of nitrogens with two attached hydrogens (primary N) is 1. The van der Waals surface area contributed by atoms with E-state index in [0.717, 1.165) is 18.7 Å². The highest BCUT2D eigenvalue weighted by atomic mass is 32.2. The predicted molar refractivity (Wildman–Crippen MR) is 113 cm³/mol. The van der Waals surface area contributed by atoms with Gasteiger partial charge < -0.3 is 20.3 Å². The molecule has 1 amide bonds. The molecule has 0 radical (unpaired) electrons. The molecule has 0 unspecified atom stereocenters. The van der Waals surface area contributed by atoms with Gasteiger partial charge in [-0.2, -0.15) is 4.72 Å². The van der Waals surface area contributed by atoms with Crippen molar-refractivity contribution >= 4 is 15.9 Å². The number of hydrogen-bond donors (Lipinski definition) is 2. The molecule has 0 bridgehead atoms. The molecule has 9 nitrogen and oxygen atoms in total. The minimum atomic E-state index is -4.07. The molecule has 1 aromatic carbocycles. The summed E-state index contributed by atoms with van der Waals surface area (Å²) in [5.41, 5.74) is 7.06. The lowest BCUT2D eigenvalue weighted by atomic mass is 10.1. The van der Waals surface area contributed by atoms with Gasteiger partial charge in [0, 0.05) is 56.2 Å². The fourth-order valence-electron chi connectivity index (χ4n) is 3.38. The number of carbonyl (C=O) groups is 1. The Hall–Kier alpha value is -2.53. The van der Waals surface area contributed by atoms with Gasteiger partial charge in [-0.1, -0.05) is 18.2 Å². The quantitative estimate of drug-likeness (QED) is 0.638. The Balaban J connectivity index is 1.88. The summed E-state index contributed by atoms with van der Waals surface area (Å²) in [6.07, 6.45) is 3.26. The molecular weight excluding hydrogens is 406 g/mol. The molecule has 0 spiro atoms. The van der Waals surface area contributed by atoms with E-state index in [4.69, 9.17) is 10.5 Å². The number of methoxy groups -OCH3 is 1. The summed E-state index contributed by atoms with van der Waals surface area (Å²) in [6, 6.07) is 7.34. The minimum absolute atomic E-state index is 0.0593. The Bertz CT molecular complexity index is 976. The van der Waals surface area contributed by atoms with Crippen molar-refractivity contribution in [1.82, 2.24) is 19.5 Å². The second kappa shape index (κ2) is 9.52. The van der Waals surface area contributed by atoms with E-state index in [1.807, 2.05) is 13.1 Å². The fraction of sp³-hybridized carbons (Fsp3) is 0.400. The Kier molecular flexibility index (Phi) is 7.03. The maximum atomic E-state index is 13.2. The maximum absolute atomic E-state index is 13.2. The number of pyridine rings is 1. The minimum Gasteiger partial charge on any atom is -0.495 e. The van der Waals surface area contributed by atoms with Crippen molar-refractivity contribution in [1.29, 1.82) is 0 Å². The number of ether oxygens (including phenoxy) is 1. The Morgan fingerprint density at radius 2 is 1.97 bits per heavy atom. The molecule has 0 saturated carbocycles. The second-order valence-electron chi connectivity index (χ2n) is 7.12. The molecule has 2 aromatic rings. The first-order valence-corrected chi connectivity index (χ1v) is 11.1. The SMILES string of the molecule is COc1c(-c2cccnc2)cccc1S(=O)(=O)N[C@@H](CN)C(=O)N1CCN(C)CC1. The lowest BCUT2D eigenvalue weighted by Crippen LogP contribution is -2.56. The zero-order chi connectivity index (χ0) is 21.7. The van der Waals surface area contributed by atoms with Crippen LogP contribution in [0.2, 0.25) is 0 Å².